The molecule has 3 aromatic rings. The fraction of sp³-hybridized carbons (Fsp3) is 0.174. The summed E-state index contributed by atoms with van der Waals surface area (Å²) >= 11 is 5.86. The van der Waals surface area contributed by atoms with Crippen LogP contribution in [-0.4, -0.2) is 12.5 Å². The molecule has 0 aromatic heterocycles. The minimum atomic E-state index is -0.155. The molecule has 0 aliphatic rings. The molecule has 0 atom stereocenters. The highest BCUT2D eigenvalue weighted by Crippen LogP contribution is 2.22. The fourth-order valence-electron chi connectivity index (χ4n) is 2.84. The molecule has 4 heteroatoms. The third-order valence-electron chi connectivity index (χ3n) is 4.20. The van der Waals surface area contributed by atoms with Gasteiger partial charge in [0.15, 0.2) is 0 Å². The van der Waals surface area contributed by atoms with E-state index in [4.69, 9.17) is 16.3 Å². The Labute approximate surface area is 164 Å². The second-order valence-corrected chi connectivity index (χ2v) is 6.66. The average molecular weight is 380 g/mol. The van der Waals surface area contributed by atoms with E-state index in [1.165, 1.54) is 0 Å². The zero-order valence-corrected chi connectivity index (χ0v) is 15.7. The Hall–Kier alpha value is -2.78. The van der Waals surface area contributed by atoms with Crippen LogP contribution in [0.4, 0.5) is 0 Å². The van der Waals surface area contributed by atoms with Crippen molar-refractivity contribution in [1.82, 2.24) is 5.32 Å². The van der Waals surface area contributed by atoms with Crippen LogP contribution in [0.2, 0.25) is 5.02 Å². The molecule has 0 saturated carbocycles. The van der Waals surface area contributed by atoms with Crippen molar-refractivity contribution in [3.05, 3.63) is 101 Å². The van der Waals surface area contributed by atoms with Crippen LogP contribution in [0.25, 0.3) is 0 Å². The number of benzene rings is 3. The van der Waals surface area contributed by atoms with Crippen molar-refractivity contribution in [3.8, 4) is 5.75 Å². The molecule has 0 radical (unpaired) electrons. The maximum atomic E-state index is 12.5. The predicted octanol–water partition coefficient (Wildman–Crippen LogP) is 5.40. The minimum Gasteiger partial charge on any atom is -0.494 e. The van der Waals surface area contributed by atoms with Gasteiger partial charge in [-0.1, -0.05) is 72.3 Å². The van der Waals surface area contributed by atoms with E-state index in [2.05, 4.69) is 5.32 Å². The van der Waals surface area contributed by atoms with E-state index in [1.54, 1.807) is 12.1 Å². The Kier molecular flexibility index (Phi) is 6.89. The Morgan fingerprint density at radius 3 is 1.96 bits per heavy atom. The van der Waals surface area contributed by atoms with E-state index in [-0.39, 0.29) is 11.9 Å². The molecule has 3 aromatic carbocycles. The summed E-state index contributed by atoms with van der Waals surface area (Å²) in [4.78, 5) is 12.5. The molecule has 0 fully saturated rings. The van der Waals surface area contributed by atoms with Gasteiger partial charge in [0.2, 0.25) is 5.91 Å². The summed E-state index contributed by atoms with van der Waals surface area (Å²) in [5.74, 6) is 0.763. The number of ether oxygens (including phenoxy) is 1. The summed E-state index contributed by atoms with van der Waals surface area (Å²) in [6.07, 6.45) is 1.05. The number of hydrogen-bond acceptors (Lipinski definition) is 2. The summed E-state index contributed by atoms with van der Waals surface area (Å²) < 4.78 is 5.65. The van der Waals surface area contributed by atoms with E-state index < -0.39 is 0 Å². The number of rotatable bonds is 8. The molecular weight excluding hydrogens is 358 g/mol. The van der Waals surface area contributed by atoms with Crippen LogP contribution >= 0.6 is 11.6 Å². The molecule has 0 aliphatic carbocycles. The normalized spacial score (nSPS) is 10.6. The summed E-state index contributed by atoms with van der Waals surface area (Å²) in [5, 5.41) is 3.82. The maximum absolute atomic E-state index is 12.5. The van der Waals surface area contributed by atoms with Crippen LogP contribution in [0.3, 0.4) is 0 Å². The first-order valence-electron chi connectivity index (χ1n) is 9.00. The van der Waals surface area contributed by atoms with E-state index in [0.29, 0.717) is 24.5 Å². The number of nitrogens with one attached hydrogen (secondary N) is 1. The molecular formula is C23H22ClNO2. The topological polar surface area (TPSA) is 38.3 Å². The van der Waals surface area contributed by atoms with Crippen LogP contribution in [-0.2, 0) is 4.79 Å². The first kappa shape index (κ1) is 19.0. The van der Waals surface area contributed by atoms with Crippen LogP contribution in [0.5, 0.6) is 5.75 Å². The van der Waals surface area contributed by atoms with Crippen molar-refractivity contribution in [3.63, 3.8) is 0 Å². The van der Waals surface area contributed by atoms with Gasteiger partial charge in [0.25, 0.3) is 0 Å². The highest BCUT2D eigenvalue weighted by Gasteiger charge is 2.16. The minimum absolute atomic E-state index is 0.00686. The van der Waals surface area contributed by atoms with Crippen molar-refractivity contribution >= 4 is 17.5 Å². The van der Waals surface area contributed by atoms with Crippen LogP contribution in [0, 0.1) is 0 Å². The van der Waals surface area contributed by atoms with Gasteiger partial charge in [-0.3, -0.25) is 4.79 Å². The number of amides is 1. The summed E-state index contributed by atoms with van der Waals surface area (Å²) in [7, 11) is 0. The van der Waals surface area contributed by atoms with Gasteiger partial charge in [0.05, 0.1) is 12.6 Å². The summed E-state index contributed by atoms with van der Waals surface area (Å²) in [6, 6.07) is 27.1. The highest BCUT2D eigenvalue weighted by atomic mass is 35.5. The Morgan fingerprint density at radius 2 is 1.41 bits per heavy atom. The molecule has 27 heavy (non-hydrogen) atoms. The van der Waals surface area contributed by atoms with Gasteiger partial charge >= 0.3 is 0 Å². The van der Waals surface area contributed by atoms with Crippen molar-refractivity contribution < 1.29 is 9.53 Å². The fourth-order valence-corrected chi connectivity index (χ4v) is 2.96. The average Bonchev–Trinajstić information content (AvgIpc) is 2.72. The van der Waals surface area contributed by atoms with E-state index in [1.807, 2.05) is 72.8 Å². The van der Waals surface area contributed by atoms with E-state index in [0.717, 1.165) is 16.9 Å². The molecule has 0 bridgehead atoms. The third-order valence-corrected chi connectivity index (χ3v) is 4.45. The smallest absolute Gasteiger partial charge is 0.220 e. The lowest BCUT2D eigenvalue weighted by atomic mass is 9.98. The van der Waals surface area contributed by atoms with Gasteiger partial charge in [-0.05, 0) is 41.8 Å². The second kappa shape index (κ2) is 9.79. The van der Waals surface area contributed by atoms with Crippen LogP contribution in [0.15, 0.2) is 84.9 Å². The zero-order valence-electron chi connectivity index (χ0n) is 15.0. The number of carbonyl (C=O) groups excluding carboxylic acids is 1. The number of carbonyl (C=O) groups is 1. The van der Waals surface area contributed by atoms with Gasteiger partial charge in [0.1, 0.15) is 5.75 Å². The van der Waals surface area contributed by atoms with E-state index >= 15 is 0 Å². The predicted molar refractivity (Wildman–Crippen MR) is 109 cm³/mol. The lowest BCUT2D eigenvalue weighted by Gasteiger charge is -2.20. The van der Waals surface area contributed by atoms with Gasteiger partial charge < -0.3 is 10.1 Å². The largest absolute Gasteiger partial charge is 0.494 e. The lowest BCUT2D eigenvalue weighted by Crippen LogP contribution is -2.29. The number of halogens is 1. The van der Waals surface area contributed by atoms with Crippen molar-refractivity contribution in [1.29, 1.82) is 0 Å². The molecule has 3 nitrogen and oxygen atoms in total. The zero-order chi connectivity index (χ0) is 18.9. The molecule has 0 spiro atoms. The van der Waals surface area contributed by atoms with Crippen molar-refractivity contribution in [2.75, 3.05) is 6.61 Å². The Bertz CT molecular complexity index is 796. The van der Waals surface area contributed by atoms with Gasteiger partial charge in [-0.25, -0.2) is 0 Å². The maximum Gasteiger partial charge on any atom is 0.220 e. The van der Waals surface area contributed by atoms with Gasteiger partial charge in [-0.2, -0.15) is 0 Å². The molecule has 0 aliphatic heterocycles. The van der Waals surface area contributed by atoms with Crippen molar-refractivity contribution in [2.45, 2.75) is 18.9 Å². The molecule has 3 rings (SSSR count). The molecule has 138 valence electrons. The first-order chi connectivity index (χ1) is 13.2. The van der Waals surface area contributed by atoms with Crippen LogP contribution in [0.1, 0.15) is 30.0 Å². The quantitative estimate of drug-likeness (QED) is 0.532. The highest BCUT2D eigenvalue weighted by molar-refractivity contribution is 6.30. The van der Waals surface area contributed by atoms with Crippen LogP contribution < -0.4 is 10.1 Å². The third kappa shape index (κ3) is 5.87. The molecule has 0 unspecified atom stereocenters. The monoisotopic (exact) mass is 379 g/mol. The van der Waals surface area contributed by atoms with Crippen molar-refractivity contribution in [2.24, 2.45) is 0 Å². The Balaban J connectivity index is 1.54. The molecule has 0 heterocycles. The summed E-state index contributed by atoms with van der Waals surface area (Å²) in [5.41, 5.74) is 2.13. The van der Waals surface area contributed by atoms with Gasteiger partial charge in [-0.15, -0.1) is 0 Å². The van der Waals surface area contributed by atoms with Gasteiger partial charge in [0, 0.05) is 11.4 Å². The molecule has 0 saturated heterocycles. The van der Waals surface area contributed by atoms with E-state index in [9.17, 15) is 4.79 Å². The molecule has 1 amide bonds. The number of hydrogen-bond donors (Lipinski definition) is 1. The molecule has 1 N–H and O–H groups in total. The Morgan fingerprint density at radius 1 is 0.852 bits per heavy atom. The second-order valence-electron chi connectivity index (χ2n) is 6.23. The SMILES string of the molecule is O=C(CCCOc1ccc(Cl)cc1)NC(c1ccccc1)c1ccccc1. The summed E-state index contributed by atoms with van der Waals surface area (Å²) in [6.45, 7) is 0.483. The lowest BCUT2D eigenvalue weighted by molar-refractivity contribution is -0.121. The standard InChI is InChI=1S/C23H22ClNO2/c24-20-13-15-21(16-14-20)27-17-7-12-22(26)25-23(18-8-3-1-4-9-18)19-10-5-2-6-11-19/h1-6,8-11,13-16,23H,7,12,17H2,(H,25,26). The first-order valence-corrected chi connectivity index (χ1v) is 9.38.